The van der Waals surface area contributed by atoms with Crippen LogP contribution in [-0.4, -0.2) is 53.8 Å². The van der Waals surface area contributed by atoms with Gasteiger partial charge in [-0.15, -0.1) is 0 Å². The fraction of sp³-hybridized carbons (Fsp3) is 0.800. The predicted octanol–water partition coefficient (Wildman–Crippen LogP) is 0.816. The number of ether oxygens (including phenoxy) is 1. The summed E-state index contributed by atoms with van der Waals surface area (Å²) < 4.78 is 7.26. The van der Waals surface area contributed by atoms with E-state index in [1.165, 1.54) is 5.56 Å². The molecule has 0 radical (unpaired) electrons. The highest BCUT2D eigenvalue weighted by Crippen LogP contribution is 2.27. The van der Waals surface area contributed by atoms with Crippen molar-refractivity contribution in [2.24, 2.45) is 7.05 Å². The zero-order valence-corrected chi connectivity index (χ0v) is 13.6. The first-order chi connectivity index (χ1) is 9.97. The van der Waals surface area contributed by atoms with Gasteiger partial charge in [-0.05, 0) is 13.5 Å². The summed E-state index contributed by atoms with van der Waals surface area (Å²) in [7, 11) is 3.99. The van der Waals surface area contributed by atoms with E-state index in [9.17, 15) is 5.11 Å². The maximum Gasteiger partial charge on any atom is 0.131 e. The maximum absolute atomic E-state index is 10.7. The van der Waals surface area contributed by atoms with E-state index in [-0.39, 0.29) is 0 Å². The molecule has 0 atom stereocenters. The maximum atomic E-state index is 10.7. The van der Waals surface area contributed by atoms with Gasteiger partial charge in [0.05, 0.1) is 11.3 Å². The number of rotatable bonds is 6. The zero-order chi connectivity index (χ0) is 15.5. The summed E-state index contributed by atoms with van der Waals surface area (Å²) in [6, 6.07) is 0. The topological polar surface area (TPSA) is 62.6 Å². The van der Waals surface area contributed by atoms with Crippen molar-refractivity contribution in [1.82, 2.24) is 15.1 Å². The highest BCUT2D eigenvalue weighted by molar-refractivity contribution is 5.50. The molecule has 6 nitrogen and oxygen atoms in total. The Balaban J connectivity index is 2.15. The van der Waals surface area contributed by atoms with Gasteiger partial charge >= 0.3 is 0 Å². The molecule has 1 fully saturated rings. The number of hydrogen-bond acceptors (Lipinski definition) is 5. The van der Waals surface area contributed by atoms with Crippen LogP contribution in [0.15, 0.2) is 0 Å². The smallest absolute Gasteiger partial charge is 0.131 e. The molecule has 1 aliphatic rings. The van der Waals surface area contributed by atoms with E-state index in [2.05, 4.69) is 22.2 Å². The highest BCUT2D eigenvalue weighted by atomic mass is 16.5. The number of likely N-dealkylation sites (N-methyl/N-ethyl adjacent to an activating group) is 1. The van der Waals surface area contributed by atoms with Crippen LogP contribution in [0.25, 0.3) is 0 Å². The average molecular weight is 296 g/mol. The van der Waals surface area contributed by atoms with Gasteiger partial charge in [-0.3, -0.25) is 4.68 Å². The zero-order valence-electron chi connectivity index (χ0n) is 13.6. The molecule has 2 N–H and O–H groups in total. The summed E-state index contributed by atoms with van der Waals surface area (Å²) in [6.45, 7) is 7.75. The van der Waals surface area contributed by atoms with E-state index >= 15 is 0 Å². The number of hydrogen-bond donors (Lipinski definition) is 2. The molecule has 0 aromatic carbocycles. The number of nitrogens with zero attached hydrogens (tertiary/aromatic N) is 3. The van der Waals surface area contributed by atoms with Gasteiger partial charge in [-0.1, -0.05) is 6.92 Å². The Morgan fingerprint density at radius 3 is 2.71 bits per heavy atom. The van der Waals surface area contributed by atoms with Crippen LogP contribution in [0, 0.1) is 6.92 Å². The summed E-state index contributed by atoms with van der Waals surface area (Å²) in [5.41, 5.74) is 1.58. The van der Waals surface area contributed by atoms with Crippen molar-refractivity contribution < 1.29 is 9.84 Å². The summed E-state index contributed by atoms with van der Waals surface area (Å²) in [4.78, 5) is 2.12. The molecular formula is C15H28N4O2. The van der Waals surface area contributed by atoms with E-state index in [1.807, 2.05) is 25.7 Å². The molecule has 2 heterocycles. The minimum Gasteiger partial charge on any atom is -0.388 e. The monoisotopic (exact) mass is 296 g/mol. The van der Waals surface area contributed by atoms with Crippen LogP contribution < -0.4 is 10.2 Å². The molecule has 0 amide bonds. The second-order valence-electron chi connectivity index (χ2n) is 5.98. The molecule has 0 spiro atoms. The van der Waals surface area contributed by atoms with Gasteiger partial charge in [-0.2, -0.15) is 5.10 Å². The molecule has 120 valence electrons. The van der Waals surface area contributed by atoms with Crippen LogP contribution in [-0.2, 0) is 18.3 Å². The van der Waals surface area contributed by atoms with Crippen molar-refractivity contribution in [3.63, 3.8) is 0 Å². The van der Waals surface area contributed by atoms with Gasteiger partial charge < -0.3 is 20.1 Å². The second kappa shape index (κ2) is 6.77. The van der Waals surface area contributed by atoms with Crippen molar-refractivity contribution in [1.29, 1.82) is 0 Å². The minimum atomic E-state index is -0.666. The van der Waals surface area contributed by atoms with Crippen LogP contribution in [0.3, 0.4) is 0 Å². The molecule has 21 heavy (non-hydrogen) atoms. The molecule has 0 aliphatic carbocycles. The van der Waals surface area contributed by atoms with E-state index in [1.54, 1.807) is 0 Å². The SMILES string of the molecule is CCNCc1c(C)nn(C)c1N(C)CC1(O)CCOCC1. The van der Waals surface area contributed by atoms with Gasteiger partial charge in [-0.25, -0.2) is 0 Å². The molecule has 1 aromatic heterocycles. The molecule has 1 saturated heterocycles. The Bertz CT molecular complexity index is 466. The average Bonchev–Trinajstić information content (AvgIpc) is 2.71. The second-order valence-corrected chi connectivity index (χ2v) is 5.98. The Morgan fingerprint density at radius 1 is 1.43 bits per heavy atom. The van der Waals surface area contributed by atoms with E-state index in [4.69, 9.17) is 4.74 Å². The summed E-state index contributed by atoms with van der Waals surface area (Å²) in [5.74, 6) is 1.08. The number of nitrogens with one attached hydrogen (secondary N) is 1. The quantitative estimate of drug-likeness (QED) is 0.813. The first-order valence-electron chi connectivity index (χ1n) is 7.71. The molecule has 0 unspecified atom stereocenters. The van der Waals surface area contributed by atoms with E-state index in [0.717, 1.165) is 24.6 Å². The Hall–Kier alpha value is -1.11. The number of aromatic nitrogens is 2. The first-order valence-corrected chi connectivity index (χ1v) is 7.71. The molecule has 0 bridgehead atoms. The molecule has 6 heteroatoms. The number of aliphatic hydroxyl groups is 1. The van der Waals surface area contributed by atoms with Crippen molar-refractivity contribution in [3.05, 3.63) is 11.3 Å². The lowest BCUT2D eigenvalue weighted by molar-refractivity contribution is -0.0573. The highest BCUT2D eigenvalue weighted by Gasteiger charge is 2.32. The fourth-order valence-electron chi connectivity index (χ4n) is 3.05. The molecule has 1 aromatic rings. The van der Waals surface area contributed by atoms with Crippen LogP contribution in [0.5, 0.6) is 0 Å². The Kier molecular flexibility index (Phi) is 5.24. The number of anilines is 1. The van der Waals surface area contributed by atoms with Crippen molar-refractivity contribution in [2.75, 3.05) is 38.3 Å². The Morgan fingerprint density at radius 2 is 2.10 bits per heavy atom. The summed E-state index contributed by atoms with van der Waals surface area (Å²) >= 11 is 0. The lowest BCUT2D eigenvalue weighted by Crippen LogP contribution is -2.46. The van der Waals surface area contributed by atoms with Gasteiger partial charge in [0, 0.05) is 58.8 Å². The number of aryl methyl sites for hydroxylation is 2. The fourth-order valence-corrected chi connectivity index (χ4v) is 3.05. The van der Waals surface area contributed by atoms with Crippen LogP contribution in [0.1, 0.15) is 31.0 Å². The first kappa shape index (κ1) is 16.3. The van der Waals surface area contributed by atoms with Gasteiger partial charge in [0.25, 0.3) is 0 Å². The molecular weight excluding hydrogens is 268 g/mol. The summed E-state index contributed by atoms with van der Waals surface area (Å²) in [5, 5.41) is 18.6. The molecule has 0 saturated carbocycles. The third kappa shape index (κ3) is 3.75. The lowest BCUT2D eigenvalue weighted by atomic mass is 9.94. The Labute approximate surface area is 127 Å². The van der Waals surface area contributed by atoms with Crippen molar-refractivity contribution in [2.45, 2.75) is 38.8 Å². The van der Waals surface area contributed by atoms with Crippen LogP contribution in [0.4, 0.5) is 5.82 Å². The molecule has 2 rings (SSSR count). The van der Waals surface area contributed by atoms with Gasteiger partial charge in [0.2, 0.25) is 0 Å². The van der Waals surface area contributed by atoms with Crippen molar-refractivity contribution in [3.8, 4) is 0 Å². The van der Waals surface area contributed by atoms with E-state index < -0.39 is 5.60 Å². The van der Waals surface area contributed by atoms with Crippen LogP contribution >= 0.6 is 0 Å². The van der Waals surface area contributed by atoms with Crippen molar-refractivity contribution >= 4 is 5.82 Å². The van der Waals surface area contributed by atoms with Gasteiger partial charge in [0.15, 0.2) is 0 Å². The van der Waals surface area contributed by atoms with E-state index in [0.29, 0.717) is 32.6 Å². The third-order valence-electron chi connectivity index (χ3n) is 4.18. The normalized spacial score (nSPS) is 18.0. The standard InChI is InChI=1S/C15H28N4O2/c1-5-16-10-13-12(2)17-19(4)14(13)18(3)11-15(20)6-8-21-9-7-15/h16,20H,5-11H2,1-4H3. The largest absolute Gasteiger partial charge is 0.388 e. The third-order valence-corrected chi connectivity index (χ3v) is 4.18. The lowest BCUT2D eigenvalue weighted by Gasteiger charge is -2.36. The predicted molar refractivity (Wildman–Crippen MR) is 83.6 cm³/mol. The van der Waals surface area contributed by atoms with Gasteiger partial charge in [0.1, 0.15) is 5.82 Å². The summed E-state index contributed by atoms with van der Waals surface area (Å²) in [6.07, 6.45) is 1.38. The molecule has 1 aliphatic heterocycles. The minimum absolute atomic E-state index is 0.606. The van der Waals surface area contributed by atoms with Crippen LogP contribution in [0.2, 0.25) is 0 Å².